The van der Waals surface area contributed by atoms with Crippen LogP contribution in [0.1, 0.15) is 56.9 Å². The number of aliphatic hydroxyl groups excluding tert-OH is 2. The maximum atomic E-state index is 13.7. The van der Waals surface area contributed by atoms with Crippen LogP contribution < -0.4 is 0 Å². The van der Waals surface area contributed by atoms with Gasteiger partial charge in [0, 0.05) is 31.7 Å². The summed E-state index contributed by atoms with van der Waals surface area (Å²) in [5.41, 5.74) is 1.04. The molecule has 0 bridgehead atoms. The Morgan fingerprint density at radius 1 is 1.03 bits per heavy atom. The highest BCUT2D eigenvalue weighted by atomic mass is 16.3. The van der Waals surface area contributed by atoms with Gasteiger partial charge in [0.05, 0.1) is 17.7 Å². The summed E-state index contributed by atoms with van der Waals surface area (Å²) in [5.74, 6) is 0.424. The molecule has 2 saturated heterocycles. The SMILES string of the molecule is CN(C)C1(c2ccccc2)CCC2(CC1)CN(CC(=O)N1CC[C@H](O)C(O)C1)C(=O)N2CC1CCC1. The van der Waals surface area contributed by atoms with Crippen molar-refractivity contribution >= 4 is 11.9 Å². The van der Waals surface area contributed by atoms with E-state index in [0.717, 1.165) is 32.2 Å². The Balaban J connectivity index is 1.33. The number of amides is 3. The maximum absolute atomic E-state index is 13.7. The normalized spacial score (nSPS) is 33.5. The summed E-state index contributed by atoms with van der Waals surface area (Å²) in [7, 11) is 4.32. The number of aliphatic hydroxyl groups is 2. The zero-order valence-corrected chi connectivity index (χ0v) is 21.8. The summed E-state index contributed by atoms with van der Waals surface area (Å²) in [6.45, 7) is 1.96. The molecule has 0 aromatic heterocycles. The number of rotatable bonds is 6. The van der Waals surface area contributed by atoms with Crippen LogP contribution in [0.4, 0.5) is 4.79 Å². The number of hydrogen-bond donors (Lipinski definition) is 2. The molecule has 1 spiro atoms. The van der Waals surface area contributed by atoms with Crippen LogP contribution in [0.3, 0.4) is 0 Å². The van der Waals surface area contributed by atoms with E-state index < -0.39 is 12.2 Å². The number of hydrogen-bond acceptors (Lipinski definition) is 5. The summed E-state index contributed by atoms with van der Waals surface area (Å²) >= 11 is 0. The van der Waals surface area contributed by atoms with Crippen molar-refractivity contribution in [2.75, 3.05) is 46.8 Å². The summed E-state index contributed by atoms with van der Waals surface area (Å²) < 4.78 is 0. The Morgan fingerprint density at radius 2 is 1.72 bits per heavy atom. The predicted octanol–water partition coefficient (Wildman–Crippen LogP) is 2.25. The highest BCUT2D eigenvalue weighted by molar-refractivity contribution is 5.86. The highest BCUT2D eigenvalue weighted by Gasteiger charge is 2.55. The second-order valence-corrected chi connectivity index (χ2v) is 11.8. The van der Waals surface area contributed by atoms with Crippen LogP contribution in [-0.4, -0.2) is 106 Å². The van der Waals surface area contributed by atoms with Crippen LogP contribution in [0.25, 0.3) is 0 Å². The number of piperidine rings is 1. The van der Waals surface area contributed by atoms with Gasteiger partial charge in [0.1, 0.15) is 6.54 Å². The van der Waals surface area contributed by atoms with Gasteiger partial charge in [-0.3, -0.25) is 9.69 Å². The van der Waals surface area contributed by atoms with Gasteiger partial charge >= 0.3 is 6.03 Å². The standard InChI is InChI=1S/C28H42N4O4/c1-29(2)28(22-9-4-3-5-10-22)14-12-27(13-15-28)20-31(26(36)32(27)17-21-7-6-8-21)19-25(35)30-16-11-23(33)24(34)18-30/h3-5,9-10,21,23-24,33-34H,6-8,11-20H2,1-2H3/t23-,24?,27?,28?/m0/s1. The second-order valence-electron chi connectivity index (χ2n) is 11.8. The molecule has 8 heteroatoms. The minimum atomic E-state index is -0.922. The molecule has 2 saturated carbocycles. The van der Waals surface area contributed by atoms with Crippen molar-refractivity contribution in [3.63, 3.8) is 0 Å². The van der Waals surface area contributed by atoms with Crippen molar-refractivity contribution in [1.29, 1.82) is 0 Å². The van der Waals surface area contributed by atoms with E-state index in [1.807, 2.05) is 0 Å². The third-order valence-electron chi connectivity index (χ3n) is 9.62. The lowest BCUT2D eigenvalue weighted by molar-refractivity contribution is -0.138. The van der Waals surface area contributed by atoms with Crippen molar-refractivity contribution in [2.45, 2.75) is 74.7 Å². The van der Waals surface area contributed by atoms with Crippen molar-refractivity contribution < 1.29 is 19.8 Å². The van der Waals surface area contributed by atoms with E-state index in [9.17, 15) is 19.8 Å². The molecule has 2 aliphatic heterocycles. The first kappa shape index (κ1) is 25.5. The molecular weight excluding hydrogens is 456 g/mol. The number of likely N-dealkylation sites (tertiary alicyclic amines) is 1. The third kappa shape index (κ3) is 4.52. The first-order valence-corrected chi connectivity index (χ1v) is 13.7. The Bertz CT molecular complexity index is 942. The van der Waals surface area contributed by atoms with E-state index in [2.05, 4.69) is 54.2 Å². The van der Waals surface area contributed by atoms with E-state index in [0.29, 0.717) is 25.4 Å². The number of urea groups is 1. The summed E-state index contributed by atoms with van der Waals surface area (Å²) in [6, 6.07) is 10.7. The van der Waals surface area contributed by atoms with Gasteiger partial charge in [0.2, 0.25) is 5.91 Å². The van der Waals surface area contributed by atoms with Gasteiger partial charge < -0.3 is 24.9 Å². The number of benzene rings is 1. The molecule has 5 rings (SSSR count). The van der Waals surface area contributed by atoms with Gasteiger partial charge in [-0.15, -0.1) is 0 Å². The van der Waals surface area contributed by atoms with Crippen LogP contribution in [0.5, 0.6) is 0 Å². The number of β-amino-alcohol motifs (C(OH)–C–C–N with tert-alkyl or cyclic N) is 1. The Morgan fingerprint density at radius 3 is 2.31 bits per heavy atom. The quantitative estimate of drug-likeness (QED) is 0.628. The van der Waals surface area contributed by atoms with Crippen molar-refractivity contribution in [1.82, 2.24) is 19.6 Å². The van der Waals surface area contributed by atoms with Crippen molar-refractivity contribution in [3.8, 4) is 0 Å². The van der Waals surface area contributed by atoms with Gasteiger partial charge in [-0.2, -0.15) is 0 Å². The zero-order valence-electron chi connectivity index (χ0n) is 21.8. The average Bonchev–Trinajstić information content (AvgIpc) is 3.09. The largest absolute Gasteiger partial charge is 0.390 e. The van der Waals surface area contributed by atoms with E-state index in [4.69, 9.17) is 0 Å². The first-order chi connectivity index (χ1) is 17.2. The smallest absolute Gasteiger partial charge is 0.321 e. The van der Waals surface area contributed by atoms with Crippen molar-refractivity contribution in [3.05, 3.63) is 35.9 Å². The molecule has 1 aromatic carbocycles. The van der Waals surface area contributed by atoms with Crippen molar-refractivity contribution in [2.24, 2.45) is 5.92 Å². The average molecular weight is 499 g/mol. The van der Waals surface area contributed by atoms with E-state index in [1.165, 1.54) is 24.8 Å². The van der Waals surface area contributed by atoms with Crippen LogP contribution in [0.2, 0.25) is 0 Å². The van der Waals surface area contributed by atoms with Crippen LogP contribution in [0.15, 0.2) is 30.3 Å². The van der Waals surface area contributed by atoms with E-state index in [-0.39, 0.29) is 36.1 Å². The van der Waals surface area contributed by atoms with E-state index in [1.54, 1.807) is 9.80 Å². The number of carbonyl (C=O) groups is 2. The van der Waals surface area contributed by atoms with Gasteiger partial charge in [-0.05, 0) is 70.5 Å². The monoisotopic (exact) mass is 498 g/mol. The van der Waals surface area contributed by atoms with Gasteiger partial charge in [0.15, 0.2) is 0 Å². The fourth-order valence-electron chi connectivity index (χ4n) is 6.92. The molecule has 2 aliphatic carbocycles. The Hall–Kier alpha value is -2.16. The highest BCUT2D eigenvalue weighted by Crippen LogP contribution is 2.49. The summed E-state index contributed by atoms with van der Waals surface area (Å²) in [5, 5.41) is 19.9. The lowest BCUT2D eigenvalue weighted by Crippen LogP contribution is -2.56. The molecule has 2 heterocycles. The van der Waals surface area contributed by atoms with Gasteiger partial charge in [0.25, 0.3) is 0 Å². The van der Waals surface area contributed by atoms with Crippen LogP contribution in [-0.2, 0) is 10.3 Å². The minimum absolute atomic E-state index is 0.00935. The molecular formula is C28H42N4O4. The molecule has 2 N–H and O–H groups in total. The molecule has 1 unspecified atom stereocenters. The third-order valence-corrected chi connectivity index (χ3v) is 9.62. The fraction of sp³-hybridized carbons (Fsp3) is 0.714. The molecule has 4 fully saturated rings. The Labute approximate surface area is 214 Å². The van der Waals surface area contributed by atoms with E-state index >= 15 is 0 Å². The fourth-order valence-corrected chi connectivity index (χ4v) is 6.92. The molecule has 3 amide bonds. The molecule has 2 atom stereocenters. The molecule has 1 aromatic rings. The lowest BCUT2D eigenvalue weighted by atomic mass is 9.68. The lowest BCUT2D eigenvalue weighted by Gasteiger charge is -2.51. The molecule has 4 aliphatic rings. The van der Waals surface area contributed by atoms with Crippen LogP contribution >= 0.6 is 0 Å². The molecule has 0 radical (unpaired) electrons. The molecule has 8 nitrogen and oxygen atoms in total. The van der Waals surface area contributed by atoms with Crippen LogP contribution in [0, 0.1) is 5.92 Å². The maximum Gasteiger partial charge on any atom is 0.321 e. The molecule has 36 heavy (non-hydrogen) atoms. The zero-order chi connectivity index (χ0) is 25.5. The summed E-state index contributed by atoms with van der Waals surface area (Å²) in [4.78, 5) is 34.7. The molecule has 198 valence electrons. The second kappa shape index (κ2) is 9.95. The predicted molar refractivity (Wildman–Crippen MR) is 137 cm³/mol. The number of nitrogens with zero attached hydrogens (tertiary/aromatic N) is 4. The van der Waals surface area contributed by atoms with Gasteiger partial charge in [-0.1, -0.05) is 36.8 Å². The first-order valence-electron chi connectivity index (χ1n) is 13.7. The topological polar surface area (TPSA) is 87.6 Å². The number of carbonyl (C=O) groups excluding carboxylic acids is 2. The van der Waals surface area contributed by atoms with Gasteiger partial charge in [-0.25, -0.2) is 4.79 Å². The minimum Gasteiger partial charge on any atom is -0.390 e. The summed E-state index contributed by atoms with van der Waals surface area (Å²) in [6.07, 6.45) is 6.02. The Kier molecular flexibility index (Phi) is 7.05.